The summed E-state index contributed by atoms with van der Waals surface area (Å²) in [7, 11) is -3.75. The highest BCUT2D eigenvalue weighted by atomic mass is 32.2. The van der Waals surface area contributed by atoms with Crippen molar-refractivity contribution in [3.8, 4) is 0 Å². The number of benzene rings is 2. The zero-order valence-electron chi connectivity index (χ0n) is 9.69. The molecular formula is C13H9FN2O2S. The van der Waals surface area contributed by atoms with Gasteiger partial charge in [0.25, 0.3) is 10.0 Å². The van der Waals surface area contributed by atoms with E-state index in [1.807, 2.05) is 0 Å². The lowest BCUT2D eigenvalue weighted by atomic mass is 10.2. The average molecular weight is 276 g/mol. The summed E-state index contributed by atoms with van der Waals surface area (Å²) in [5.74, 6) is -0.427. The van der Waals surface area contributed by atoms with Gasteiger partial charge in [-0.1, -0.05) is 18.2 Å². The molecule has 0 fully saturated rings. The lowest BCUT2D eigenvalue weighted by Gasteiger charge is -2.05. The number of rotatable bonds is 2. The summed E-state index contributed by atoms with van der Waals surface area (Å²) in [5, 5.41) is 4.29. The van der Waals surface area contributed by atoms with Crippen LogP contribution >= 0.6 is 0 Å². The summed E-state index contributed by atoms with van der Waals surface area (Å²) in [6.07, 6.45) is 1.33. The van der Waals surface area contributed by atoms with Gasteiger partial charge in [-0.3, -0.25) is 0 Å². The second-order valence-electron chi connectivity index (χ2n) is 4.01. The van der Waals surface area contributed by atoms with Crippen LogP contribution in [0.4, 0.5) is 4.39 Å². The Morgan fingerprint density at radius 3 is 2.53 bits per heavy atom. The normalized spacial score (nSPS) is 11.8. The first-order valence-electron chi connectivity index (χ1n) is 5.53. The SMILES string of the molecule is O=S(=O)(c1ccccc1)n1ncc2cc(F)ccc21. The van der Waals surface area contributed by atoms with E-state index in [4.69, 9.17) is 0 Å². The van der Waals surface area contributed by atoms with E-state index in [2.05, 4.69) is 5.10 Å². The molecule has 0 aliphatic rings. The molecular weight excluding hydrogens is 267 g/mol. The van der Waals surface area contributed by atoms with E-state index in [1.165, 1.54) is 36.5 Å². The molecule has 96 valence electrons. The first-order chi connectivity index (χ1) is 9.09. The summed E-state index contributed by atoms with van der Waals surface area (Å²) in [4.78, 5) is 0.143. The molecule has 2 aromatic carbocycles. The first-order valence-corrected chi connectivity index (χ1v) is 6.97. The number of hydrogen-bond donors (Lipinski definition) is 0. The quantitative estimate of drug-likeness (QED) is 0.722. The molecule has 0 aliphatic carbocycles. The number of halogens is 1. The van der Waals surface area contributed by atoms with Gasteiger partial charge >= 0.3 is 0 Å². The Labute approximate surface area is 109 Å². The minimum atomic E-state index is -3.75. The molecule has 0 saturated carbocycles. The zero-order chi connectivity index (χ0) is 13.5. The Morgan fingerprint density at radius 2 is 1.79 bits per heavy atom. The van der Waals surface area contributed by atoms with Crippen LogP contribution in [-0.4, -0.2) is 17.6 Å². The van der Waals surface area contributed by atoms with Crippen LogP contribution in [0.3, 0.4) is 0 Å². The zero-order valence-corrected chi connectivity index (χ0v) is 10.5. The van der Waals surface area contributed by atoms with Gasteiger partial charge in [-0.05, 0) is 30.3 Å². The average Bonchev–Trinajstić information content (AvgIpc) is 2.83. The van der Waals surface area contributed by atoms with Crippen LogP contribution in [0.1, 0.15) is 0 Å². The Morgan fingerprint density at radius 1 is 1.05 bits per heavy atom. The van der Waals surface area contributed by atoms with Gasteiger partial charge in [0.05, 0.1) is 16.6 Å². The summed E-state index contributed by atoms with van der Waals surface area (Å²) in [6.45, 7) is 0. The van der Waals surface area contributed by atoms with E-state index in [0.717, 1.165) is 4.09 Å². The third-order valence-corrected chi connectivity index (χ3v) is 4.38. The fourth-order valence-electron chi connectivity index (χ4n) is 1.86. The number of nitrogens with zero attached hydrogens (tertiary/aromatic N) is 2. The van der Waals surface area contributed by atoms with Gasteiger partial charge in [-0.2, -0.15) is 17.6 Å². The van der Waals surface area contributed by atoms with E-state index < -0.39 is 15.8 Å². The van der Waals surface area contributed by atoms with E-state index in [-0.39, 0.29) is 4.90 Å². The van der Waals surface area contributed by atoms with Crippen LogP contribution in [0.2, 0.25) is 0 Å². The topological polar surface area (TPSA) is 52.0 Å². The van der Waals surface area contributed by atoms with Crippen LogP contribution in [0.5, 0.6) is 0 Å². The lowest BCUT2D eigenvalue weighted by molar-refractivity contribution is 0.582. The number of aromatic nitrogens is 2. The van der Waals surface area contributed by atoms with Crippen LogP contribution in [-0.2, 0) is 10.0 Å². The molecule has 0 radical (unpaired) electrons. The molecule has 1 heterocycles. The second-order valence-corrected chi connectivity index (χ2v) is 5.78. The van der Waals surface area contributed by atoms with Crippen LogP contribution in [0, 0.1) is 5.82 Å². The molecule has 3 aromatic rings. The molecule has 3 rings (SSSR count). The molecule has 1 aromatic heterocycles. The van der Waals surface area contributed by atoms with E-state index in [9.17, 15) is 12.8 Å². The van der Waals surface area contributed by atoms with Crippen molar-refractivity contribution in [2.75, 3.05) is 0 Å². The third-order valence-electron chi connectivity index (χ3n) is 2.77. The molecule has 0 N–H and O–H groups in total. The summed E-state index contributed by atoms with van der Waals surface area (Å²) in [6, 6.07) is 11.9. The number of fused-ring (bicyclic) bond motifs is 1. The standard InChI is InChI=1S/C13H9FN2O2S/c14-11-6-7-13-10(8-11)9-15-16(13)19(17,18)12-4-2-1-3-5-12/h1-9H. The molecule has 0 amide bonds. The minimum Gasteiger partial charge on any atom is -0.207 e. The molecule has 0 bridgehead atoms. The third kappa shape index (κ3) is 1.90. The molecule has 0 aliphatic heterocycles. The molecule has 19 heavy (non-hydrogen) atoms. The maximum Gasteiger partial charge on any atom is 0.283 e. The van der Waals surface area contributed by atoms with Crippen LogP contribution in [0.15, 0.2) is 59.6 Å². The molecule has 0 unspecified atom stereocenters. The van der Waals surface area contributed by atoms with E-state index in [1.54, 1.807) is 18.2 Å². The Bertz CT molecular complexity index is 841. The Balaban J connectivity index is 2.25. The van der Waals surface area contributed by atoms with Gasteiger partial charge < -0.3 is 0 Å². The van der Waals surface area contributed by atoms with Crippen molar-refractivity contribution in [1.29, 1.82) is 0 Å². The molecule has 6 heteroatoms. The first kappa shape index (κ1) is 11.9. The van der Waals surface area contributed by atoms with Crippen molar-refractivity contribution in [2.45, 2.75) is 4.90 Å². The highest BCUT2D eigenvalue weighted by Crippen LogP contribution is 2.20. The maximum absolute atomic E-state index is 13.1. The van der Waals surface area contributed by atoms with Crippen molar-refractivity contribution in [2.24, 2.45) is 0 Å². The van der Waals surface area contributed by atoms with Gasteiger partial charge in [0.1, 0.15) is 5.82 Å². The largest absolute Gasteiger partial charge is 0.283 e. The highest BCUT2D eigenvalue weighted by molar-refractivity contribution is 7.90. The number of hydrogen-bond acceptors (Lipinski definition) is 3. The van der Waals surface area contributed by atoms with Gasteiger partial charge in [0.2, 0.25) is 0 Å². The smallest absolute Gasteiger partial charge is 0.207 e. The highest BCUT2D eigenvalue weighted by Gasteiger charge is 2.19. The maximum atomic E-state index is 13.1. The minimum absolute atomic E-state index is 0.143. The van der Waals surface area contributed by atoms with Crippen molar-refractivity contribution in [3.05, 3.63) is 60.5 Å². The summed E-state index contributed by atoms with van der Waals surface area (Å²) < 4.78 is 38.8. The molecule has 0 atom stereocenters. The van der Waals surface area contributed by atoms with Crippen molar-refractivity contribution < 1.29 is 12.8 Å². The molecule has 0 spiro atoms. The fraction of sp³-hybridized carbons (Fsp3) is 0. The Hall–Kier alpha value is -2.21. The summed E-state index contributed by atoms with van der Waals surface area (Å²) >= 11 is 0. The van der Waals surface area contributed by atoms with E-state index >= 15 is 0 Å². The van der Waals surface area contributed by atoms with Gasteiger partial charge in [0, 0.05) is 5.39 Å². The van der Waals surface area contributed by atoms with Gasteiger partial charge in [-0.25, -0.2) is 4.39 Å². The van der Waals surface area contributed by atoms with E-state index in [0.29, 0.717) is 10.9 Å². The predicted octanol–water partition coefficient (Wildman–Crippen LogP) is 2.41. The van der Waals surface area contributed by atoms with Crippen molar-refractivity contribution >= 4 is 20.9 Å². The van der Waals surface area contributed by atoms with Crippen molar-refractivity contribution in [3.63, 3.8) is 0 Å². The van der Waals surface area contributed by atoms with Gasteiger partial charge in [0.15, 0.2) is 0 Å². The van der Waals surface area contributed by atoms with Gasteiger partial charge in [-0.15, -0.1) is 0 Å². The van der Waals surface area contributed by atoms with Crippen LogP contribution in [0.25, 0.3) is 10.9 Å². The fourth-order valence-corrected chi connectivity index (χ4v) is 3.16. The predicted molar refractivity (Wildman–Crippen MR) is 68.7 cm³/mol. The molecule has 4 nitrogen and oxygen atoms in total. The summed E-state index contributed by atoms with van der Waals surface area (Å²) in [5.41, 5.74) is 0.352. The monoisotopic (exact) mass is 276 g/mol. The molecule has 0 saturated heterocycles. The lowest BCUT2D eigenvalue weighted by Crippen LogP contribution is -2.14. The second kappa shape index (κ2) is 4.17. The Kier molecular flexibility index (Phi) is 2.60. The van der Waals surface area contributed by atoms with Crippen LogP contribution < -0.4 is 0 Å². The van der Waals surface area contributed by atoms with Crippen molar-refractivity contribution in [1.82, 2.24) is 9.19 Å².